The van der Waals surface area contributed by atoms with Gasteiger partial charge in [0.05, 0.1) is 11.6 Å². The van der Waals surface area contributed by atoms with Gasteiger partial charge in [-0.15, -0.1) is 11.3 Å². The molecule has 0 aliphatic carbocycles. The SMILES string of the molecule is CCNC(=NCCc1ncc(C)s1)NCCc1ccc2c(c1)CCO2. The highest BCUT2D eigenvalue weighted by Gasteiger charge is 2.11. The number of aromatic nitrogens is 1. The zero-order valence-electron chi connectivity index (χ0n) is 15.0. The molecular formula is C19H26N4OS. The lowest BCUT2D eigenvalue weighted by Crippen LogP contribution is -2.38. The van der Waals surface area contributed by atoms with Crippen molar-refractivity contribution >= 4 is 17.3 Å². The van der Waals surface area contributed by atoms with Gasteiger partial charge in [-0.2, -0.15) is 0 Å². The summed E-state index contributed by atoms with van der Waals surface area (Å²) >= 11 is 1.75. The molecule has 0 spiro atoms. The van der Waals surface area contributed by atoms with Crippen molar-refractivity contribution < 1.29 is 4.74 Å². The van der Waals surface area contributed by atoms with Crippen LogP contribution in [-0.2, 0) is 19.3 Å². The van der Waals surface area contributed by atoms with Crippen LogP contribution in [0, 0.1) is 6.92 Å². The van der Waals surface area contributed by atoms with Gasteiger partial charge in [0.15, 0.2) is 5.96 Å². The molecule has 0 saturated carbocycles. The van der Waals surface area contributed by atoms with Gasteiger partial charge in [-0.1, -0.05) is 12.1 Å². The third kappa shape index (κ3) is 5.19. The Bertz CT molecular complexity index is 726. The highest BCUT2D eigenvalue weighted by atomic mass is 32.1. The van der Waals surface area contributed by atoms with E-state index in [1.54, 1.807) is 11.3 Å². The Morgan fingerprint density at radius 1 is 1.32 bits per heavy atom. The predicted octanol–water partition coefficient (Wildman–Crippen LogP) is 2.73. The van der Waals surface area contributed by atoms with Crippen molar-refractivity contribution in [2.75, 3.05) is 26.2 Å². The molecule has 0 unspecified atom stereocenters. The molecule has 25 heavy (non-hydrogen) atoms. The van der Waals surface area contributed by atoms with Crippen LogP contribution in [0.4, 0.5) is 0 Å². The van der Waals surface area contributed by atoms with Gasteiger partial charge in [0.25, 0.3) is 0 Å². The molecule has 2 aromatic rings. The van der Waals surface area contributed by atoms with Crippen molar-refractivity contribution in [3.05, 3.63) is 45.4 Å². The van der Waals surface area contributed by atoms with Crippen LogP contribution in [0.2, 0.25) is 0 Å². The molecule has 5 nitrogen and oxygen atoms in total. The fraction of sp³-hybridized carbons (Fsp3) is 0.474. The fourth-order valence-electron chi connectivity index (χ4n) is 2.84. The summed E-state index contributed by atoms with van der Waals surface area (Å²) < 4.78 is 5.56. The number of guanidine groups is 1. The summed E-state index contributed by atoms with van der Waals surface area (Å²) in [7, 11) is 0. The van der Waals surface area contributed by atoms with E-state index in [0.29, 0.717) is 0 Å². The smallest absolute Gasteiger partial charge is 0.191 e. The first-order valence-electron chi connectivity index (χ1n) is 8.92. The first kappa shape index (κ1) is 17.7. The Morgan fingerprint density at radius 3 is 3.04 bits per heavy atom. The van der Waals surface area contributed by atoms with Crippen molar-refractivity contribution in [1.82, 2.24) is 15.6 Å². The van der Waals surface area contributed by atoms with E-state index < -0.39 is 0 Å². The van der Waals surface area contributed by atoms with Crippen molar-refractivity contribution in [2.45, 2.75) is 33.1 Å². The molecule has 0 amide bonds. The van der Waals surface area contributed by atoms with E-state index in [1.165, 1.54) is 16.0 Å². The number of benzene rings is 1. The van der Waals surface area contributed by atoms with Crippen LogP contribution in [0.1, 0.15) is 27.9 Å². The molecular weight excluding hydrogens is 332 g/mol. The summed E-state index contributed by atoms with van der Waals surface area (Å²) in [6.07, 6.45) is 4.81. The molecule has 0 saturated heterocycles. The zero-order valence-corrected chi connectivity index (χ0v) is 15.8. The van der Waals surface area contributed by atoms with Gasteiger partial charge < -0.3 is 15.4 Å². The maximum absolute atomic E-state index is 5.56. The molecule has 3 rings (SSSR count). The lowest BCUT2D eigenvalue weighted by Gasteiger charge is -2.11. The molecule has 134 valence electrons. The number of hydrogen-bond donors (Lipinski definition) is 2. The van der Waals surface area contributed by atoms with Crippen LogP contribution < -0.4 is 15.4 Å². The van der Waals surface area contributed by atoms with Gasteiger partial charge in [0, 0.05) is 43.5 Å². The minimum Gasteiger partial charge on any atom is -0.493 e. The van der Waals surface area contributed by atoms with Crippen LogP contribution >= 0.6 is 11.3 Å². The first-order chi connectivity index (χ1) is 12.2. The van der Waals surface area contributed by atoms with Crippen molar-refractivity contribution in [1.29, 1.82) is 0 Å². The lowest BCUT2D eigenvalue weighted by molar-refractivity contribution is 0.357. The molecule has 1 aromatic carbocycles. The van der Waals surface area contributed by atoms with Crippen molar-refractivity contribution in [3.63, 3.8) is 0 Å². The van der Waals surface area contributed by atoms with Gasteiger partial charge in [-0.25, -0.2) is 4.98 Å². The second-order valence-corrected chi connectivity index (χ2v) is 7.41. The van der Waals surface area contributed by atoms with Gasteiger partial charge in [0.2, 0.25) is 0 Å². The summed E-state index contributed by atoms with van der Waals surface area (Å²) in [6, 6.07) is 6.51. The van der Waals surface area contributed by atoms with Gasteiger partial charge in [-0.3, -0.25) is 4.99 Å². The Morgan fingerprint density at radius 2 is 2.24 bits per heavy atom. The van der Waals surface area contributed by atoms with E-state index in [4.69, 9.17) is 4.74 Å². The molecule has 2 N–H and O–H groups in total. The Kier molecular flexibility index (Phi) is 6.28. The number of thiazole rings is 1. The number of nitrogens with one attached hydrogen (secondary N) is 2. The van der Waals surface area contributed by atoms with Crippen molar-refractivity contribution in [3.8, 4) is 5.75 Å². The second-order valence-electron chi connectivity index (χ2n) is 6.09. The van der Waals surface area contributed by atoms with E-state index in [-0.39, 0.29) is 0 Å². The average molecular weight is 359 g/mol. The summed E-state index contributed by atoms with van der Waals surface area (Å²) in [4.78, 5) is 10.3. The number of aliphatic imine (C=N–C) groups is 1. The van der Waals surface area contributed by atoms with Crippen LogP contribution in [0.25, 0.3) is 0 Å². The average Bonchev–Trinajstić information content (AvgIpc) is 3.23. The summed E-state index contributed by atoms with van der Waals surface area (Å²) in [5.41, 5.74) is 2.67. The predicted molar refractivity (Wildman–Crippen MR) is 104 cm³/mol. The van der Waals surface area contributed by atoms with Gasteiger partial charge in [0.1, 0.15) is 5.75 Å². The minimum atomic E-state index is 0.748. The standard InChI is InChI=1S/C19H26N4OS/c1-3-20-19(22-10-7-18-23-13-14(2)25-18)21-9-6-15-4-5-17-16(12-15)8-11-24-17/h4-5,12-13H,3,6-11H2,1-2H3,(H2,20,21,22). The van der Waals surface area contributed by atoms with E-state index in [2.05, 4.69) is 52.7 Å². The molecule has 1 aromatic heterocycles. The monoisotopic (exact) mass is 358 g/mol. The largest absolute Gasteiger partial charge is 0.493 e. The van der Waals surface area contributed by atoms with Crippen LogP contribution in [0.15, 0.2) is 29.4 Å². The summed E-state index contributed by atoms with van der Waals surface area (Å²) in [5.74, 6) is 1.92. The normalized spacial score (nSPS) is 13.4. The topological polar surface area (TPSA) is 58.5 Å². The maximum atomic E-state index is 5.56. The highest BCUT2D eigenvalue weighted by molar-refractivity contribution is 7.11. The van der Waals surface area contributed by atoms with E-state index in [1.807, 2.05) is 6.20 Å². The number of ether oxygens (including phenoxy) is 1. The van der Waals surface area contributed by atoms with Crippen molar-refractivity contribution in [2.24, 2.45) is 4.99 Å². The maximum Gasteiger partial charge on any atom is 0.191 e. The van der Waals surface area contributed by atoms with Gasteiger partial charge in [-0.05, 0) is 37.5 Å². The molecule has 1 aliphatic heterocycles. The first-order valence-corrected chi connectivity index (χ1v) is 9.74. The summed E-state index contributed by atoms with van der Waals surface area (Å²) in [5, 5.41) is 7.87. The Balaban J connectivity index is 1.47. The number of fused-ring (bicyclic) bond motifs is 1. The zero-order chi connectivity index (χ0) is 17.5. The molecule has 1 aliphatic rings. The van der Waals surface area contributed by atoms with Crippen LogP contribution in [0.5, 0.6) is 5.75 Å². The number of nitrogens with zero attached hydrogens (tertiary/aromatic N) is 2. The van der Waals surface area contributed by atoms with E-state index in [0.717, 1.165) is 62.2 Å². The fourth-order valence-corrected chi connectivity index (χ4v) is 3.62. The molecule has 0 bridgehead atoms. The molecule has 0 fully saturated rings. The molecule has 6 heteroatoms. The summed E-state index contributed by atoms with van der Waals surface area (Å²) in [6.45, 7) is 7.45. The number of rotatable bonds is 7. The Hall–Kier alpha value is -2.08. The number of hydrogen-bond acceptors (Lipinski definition) is 4. The lowest BCUT2D eigenvalue weighted by atomic mass is 10.1. The van der Waals surface area contributed by atoms with Crippen LogP contribution in [0.3, 0.4) is 0 Å². The van der Waals surface area contributed by atoms with Crippen LogP contribution in [-0.4, -0.2) is 37.2 Å². The number of aryl methyl sites for hydroxylation is 1. The Labute approximate surface area is 153 Å². The second kappa shape index (κ2) is 8.85. The van der Waals surface area contributed by atoms with E-state index >= 15 is 0 Å². The highest BCUT2D eigenvalue weighted by Crippen LogP contribution is 2.25. The molecule has 0 radical (unpaired) electrons. The molecule has 2 heterocycles. The third-order valence-electron chi connectivity index (χ3n) is 4.07. The van der Waals surface area contributed by atoms with Gasteiger partial charge >= 0.3 is 0 Å². The quantitative estimate of drug-likeness (QED) is 0.590. The minimum absolute atomic E-state index is 0.748. The third-order valence-corrected chi connectivity index (χ3v) is 5.04. The molecule has 0 atom stereocenters. The van der Waals surface area contributed by atoms with E-state index in [9.17, 15) is 0 Å².